The van der Waals surface area contributed by atoms with E-state index in [0.717, 1.165) is 6.54 Å². The van der Waals surface area contributed by atoms with Crippen LogP contribution in [0.25, 0.3) is 0 Å². The van der Waals surface area contributed by atoms with Crippen LogP contribution in [0, 0.1) is 12.7 Å². The normalized spacial score (nSPS) is 10.7. The van der Waals surface area contributed by atoms with Crippen molar-refractivity contribution in [3.05, 3.63) is 53.1 Å². The van der Waals surface area contributed by atoms with Crippen molar-refractivity contribution in [2.45, 2.75) is 13.5 Å². The number of aryl methyl sites for hydroxylation is 1. The number of carbonyl (C=O) groups excluding carboxylic acids is 1. The number of hydrogen-bond acceptors (Lipinski definition) is 5. The minimum Gasteiger partial charge on any atom is -0.353 e. The number of amides is 1. The van der Waals surface area contributed by atoms with Gasteiger partial charge in [-0.1, -0.05) is 18.2 Å². The Kier molecular flexibility index (Phi) is 6.20. The lowest BCUT2D eigenvalue weighted by Crippen LogP contribution is -2.26. The number of nitrogens with zero attached hydrogens (tertiary/aromatic N) is 3. The summed E-state index contributed by atoms with van der Waals surface area (Å²) < 4.78 is 13.6. The van der Waals surface area contributed by atoms with Gasteiger partial charge in [-0.3, -0.25) is 4.79 Å². The summed E-state index contributed by atoms with van der Waals surface area (Å²) in [5, 5.41) is 5.77. The molecule has 1 amide bonds. The standard InChI is InChI=1S/C17H22FN5O/c1-12-10-15(22-17(21-12)19-8-9-23(2)3)16(24)20-11-13-6-4-5-7-14(13)18/h4-7,10H,8-9,11H2,1-3H3,(H,20,24)(H,19,21,22). The van der Waals surface area contributed by atoms with E-state index in [1.807, 2.05) is 19.0 Å². The number of likely N-dealkylation sites (N-methyl/N-ethyl adjacent to an activating group) is 1. The first kappa shape index (κ1) is 17.8. The van der Waals surface area contributed by atoms with Gasteiger partial charge < -0.3 is 15.5 Å². The predicted octanol–water partition coefficient (Wildman–Crippen LogP) is 1.83. The molecule has 2 N–H and O–H groups in total. The van der Waals surface area contributed by atoms with E-state index >= 15 is 0 Å². The molecule has 0 fully saturated rings. The summed E-state index contributed by atoms with van der Waals surface area (Å²) in [5.41, 5.74) is 1.38. The first-order valence-electron chi connectivity index (χ1n) is 7.71. The summed E-state index contributed by atoms with van der Waals surface area (Å²) in [4.78, 5) is 22.8. The van der Waals surface area contributed by atoms with Crippen LogP contribution >= 0.6 is 0 Å². The van der Waals surface area contributed by atoms with E-state index in [9.17, 15) is 9.18 Å². The van der Waals surface area contributed by atoms with Crippen LogP contribution in [-0.2, 0) is 6.54 Å². The SMILES string of the molecule is Cc1cc(C(=O)NCc2ccccc2F)nc(NCCN(C)C)n1. The molecular formula is C17H22FN5O. The molecule has 0 saturated carbocycles. The Morgan fingerprint density at radius 2 is 2.00 bits per heavy atom. The van der Waals surface area contributed by atoms with E-state index in [1.54, 1.807) is 31.2 Å². The van der Waals surface area contributed by atoms with Gasteiger partial charge >= 0.3 is 0 Å². The summed E-state index contributed by atoms with van der Waals surface area (Å²) in [6, 6.07) is 7.94. The average molecular weight is 331 g/mol. The molecule has 2 rings (SSSR count). The predicted molar refractivity (Wildman–Crippen MR) is 91.4 cm³/mol. The molecule has 1 heterocycles. The number of carbonyl (C=O) groups is 1. The summed E-state index contributed by atoms with van der Waals surface area (Å²) in [6.45, 7) is 3.41. The lowest BCUT2D eigenvalue weighted by Gasteiger charge is -2.11. The Hall–Kier alpha value is -2.54. The van der Waals surface area contributed by atoms with E-state index in [4.69, 9.17) is 0 Å². The Balaban J connectivity index is 2.00. The smallest absolute Gasteiger partial charge is 0.270 e. The highest BCUT2D eigenvalue weighted by atomic mass is 19.1. The second kappa shape index (κ2) is 8.35. The van der Waals surface area contributed by atoms with Crippen LogP contribution in [0.15, 0.2) is 30.3 Å². The minimum atomic E-state index is -0.362. The van der Waals surface area contributed by atoms with E-state index in [0.29, 0.717) is 23.8 Å². The third-order valence-electron chi connectivity index (χ3n) is 3.33. The van der Waals surface area contributed by atoms with Crippen LogP contribution in [0.5, 0.6) is 0 Å². The van der Waals surface area contributed by atoms with Gasteiger partial charge in [0.05, 0.1) is 0 Å². The van der Waals surface area contributed by atoms with Crippen molar-refractivity contribution in [2.75, 3.05) is 32.5 Å². The van der Waals surface area contributed by atoms with Crippen molar-refractivity contribution in [1.82, 2.24) is 20.2 Å². The maximum absolute atomic E-state index is 13.6. The molecular weight excluding hydrogens is 309 g/mol. The largest absolute Gasteiger partial charge is 0.353 e. The molecule has 0 spiro atoms. The topological polar surface area (TPSA) is 70.2 Å². The van der Waals surface area contributed by atoms with E-state index in [-0.39, 0.29) is 24.0 Å². The zero-order valence-corrected chi connectivity index (χ0v) is 14.1. The Morgan fingerprint density at radius 1 is 1.25 bits per heavy atom. The summed E-state index contributed by atoms with van der Waals surface area (Å²) >= 11 is 0. The molecule has 0 aliphatic heterocycles. The number of aromatic nitrogens is 2. The lowest BCUT2D eigenvalue weighted by molar-refractivity contribution is 0.0945. The third kappa shape index (κ3) is 5.27. The van der Waals surface area contributed by atoms with E-state index in [2.05, 4.69) is 20.6 Å². The Bertz CT molecular complexity index is 705. The van der Waals surface area contributed by atoms with Crippen LogP contribution in [-0.4, -0.2) is 48.0 Å². The number of hydrogen-bond donors (Lipinski definition) is 2. The Labute approximate surface area is 141 Å². The number of anilines is 1. The molecule has 0 bridgehead atoms. The molecule has 0 atom stereocenters. The fourth-order valence-electron chi connectivity index (χ4n) is 2.06. The van der Waals surface area contributed by atoms with Gasteiger partial charge in [-0.2, -0.15) is 0 Å². The second-order valence-electron chi connectivity index (χ2n) is 5.72. The van der Waals surface area contributed by atoms with Gasteiger partial charge in [0.15, 0.2) is 0 Å². The highest BCUT2D eigenvalue weighted by Crippen LogP contribution is 2.08. The van der Waals surface area contributed by atoms with Gasteiger partial charge in [-0.25, -0.2) is 14.4 Å². The van der Waals surface area contributed by atoms with Crippen molar-refractivity contribution < 1.29 is 9.18 Å². The summed E-state index contributed by atoms with van der Waals surface area (Å²) in [6.07, 6.45) is 0. The molecule has 7 heteroatoms. The number of nitrogens with one attached hydrogen (secondary N) is 2. The van der Waals surface area contributed by atoms with Crippen LogP contribution in [0.3, 0.4) is 0 Å². The molecule has 128 valence electrons. The molecule has 0 aliphatic rings. The van der Waals surface area contributed by atoms with Crippen LogP contribution < -0.4 is 10.6 Å². The number of benzene rings is 1. The van der Waals surface area contributed by atoms with Gasteiger partial charge in [-0.05, 0) is 33.2 Å². The first-order valence-corrected chi connectivity index (χ1v) is 7.71. The van der Waals surface area contributed by atoms with Crippen LogP contribution in [0.1, 0.15) is 21.7 Å². The maximum atomic E-state index is 13.6. The molecule has 2 aromatic rings. The van der Waals surface area contributed by atoms with E-state index < -0.39 is 0 Å². The molecule has 6 nitrogen and oxygen atoms in total. The van der Waals surface area contributed by atoms with Crippen LogP contribution in [0.2, 0.25) is 0 Å². The minimum absolute atomic E-state index is 0.109. The van der Waals surface area contributed by atoms with Crippen molar-refractivity contribution >= 4 is 11.9 Å². The molecule has 0 unspecified atom stereocenters. The highest BCUT2D eigenvalue weighted by molar-refractivity contribution is 5.92. The second-order valence-corrected chi connectivity index (χ2v) is 5.72. The third-order valence-corrected chi connectivity index (χ3v) is 3.33. The Morgan fingerprint density at radius 3 is 2.71 bits per heavy atom. The zero-order valence-electron chi connectivity index (χ0n) is 14.1. The number of halogens is 1. The van der Waals surface area contributed by atoms with Gasteiger partial charge in [0.25, 0.3) is 5.91 Å². The zero-order chi connectivity index (χ0) is 17.5. The van der Waals surface area contributed by atoms with Crippen molar-refractivity contribution in [1.29, 1.82) is 0 Å². The lowest BCUT2D eigenvalue weighted by atomic mass is 10.2. The fourth-order valence-corrected chi connectivity index (χ4v) is 2.06. The van der Waals surface area contributed by atoms with Gasteiger partial charge in [-0.15, -0.1) is 0 Å². The summed E-state index contributed by atoms with van der Waals surface area (Å²) in [7, 11) is 3.95. The van der Waals surface area contributed by atoms with Gasteiger partial charge in [0, 0.05) is 30.9 Å². The quantitative estimate of drug-likeness (QED) is 0.810. The van der Waals surface area contributed by atoms with Crippen molar-refractivity contribution in [2.24, 2.45) is 0 Å². The molecule has 1 aromatic carbocycles. The van der Waals surface area contributed by atoms with Gasteiger partial charge in [0.2, 0.25) is 5.95 Å². The molecule has 0 radical (unpaired) electrons. The average Bonchev–Trinajstić information content (AvgIpc) is 2.53. The monoisotopic (exact) mass is 331 g/mol. The summed E-state index contributed by atoms with van der Waals surface area (Å²) in [5.74, 6) is -0.296. The fraction of sp³-hybridized carbons (Fsp3) is 0.353. The maximum Gasteiger partial charge on any atom is 0.270 e. The van der Waals surface area contributed by atoms with Gasteiger partial charge in [0.1, 0.15) is 11.5 Å². The van der Waals surface area contributed by atoms with E-state index in [1.165, 1.54) is 6.07 Å². The molecule has 1 aromatic heterocycles. The molecule has 0 aliphatic carbocycles. The first-order chi connectivity index (χ1) is 11.5. The van der Waals surface area contributed by atoms with Crippen LogP contribution in [0.4, 0.5) is 10.3 Å². The molecule has 24 heavy (non-hydrogen) atoms. The van der Waals surface area contributed by atoms with Crippen molar-refractivity contribution in [3.63, 3.8) is 0 Å². The molecule has 0 saturated heterocycles. The number of rotatable bonds is 7. The highest BCUT2D eigenvalue weighted by Gasteiger charge is 2.11. The van der Waals surface area contributed by atoms with Crippen molar-refractivity contribution in [3.8, 4) is 0 Å².